The predicted molar refractivity (Wildman–Crippen MR) is 81.3 cm³/mol. The minimum atomic E-state index is -3.81. The summed E-state index contributed by atoms with van der Waals surface area (Å²) >= 11 is 5.81. The molecule has 1 aliphatic rings. The average Bonchev–Trinajstić information content (AvgIpc) is 2.42. The third-order valence-corrected chi connectivity index (χ3v) is 5.66. The molecule has 2 rings (SSSR count). The molecule has 8 heteroatoms. The first-order valence-electron chi connectivity index (χ1n) is 6.75. The second-order valence-electron chi connectivity index (χ2n) is 5.29. The van der Waals surface area contributed by atoms with Crippen LogP contribution in [0.15, 0.2) is 17.0 Å². The zero-order valence-corrected chi connectivity index (χ0v) is 13.3. The van der Waals surface area contributed by atoms with E-state index < -0.39 is 15.8 Å². The number of likely N-dealkylation sites (N-methyl/N-ethyl adjacent to an activating group) is 1. The Bertz CT molecular complexity index is 624. The molecule has 0 aromatic heterocycles. The van der Waals surface area contributed by atoms with Gasteiger partial charge in [-0.2, -0.15) is 0 Å². The molecule has 1 aromatic carbocycles. The topological polar surface area (TPSA) is 75.4 Å². The van der Waals surface area contributed by atoms with E-state index in [-0.39, 0.29) is 21.6 Å². The van der Waals surface area contributed by atoms with Gasteiger partial charge in [0, 0.05) is 12.6 Å². The van der Waals surface area contributed by atoms with Crippen LogP contribution in [-0.2, 0) is 10.0 Å². The van der Waals surface area contributed by atoms with Crippen molar-refractivity contribution >= 4 is 27.3 Å². The summed E-state index contributed by atoms with van der Waals surface area (Å²) < 4.78 is 40.3. The molecule has 0 bridgehead atoms. The van der Waals surface area contributed by atoms with Gasteiger partial charge in [0.1, 0.15) is 10.7 Å². The molecule has 0 aliphatic carbocycles. The summed E-state index contributed by atoms with van der Waals surface area (Å²) in [7, 11) is -1.84. The number of nitrogens with zero attached hydrogens (tertiary/aromatic N) is 1. The fourth-order valence-corrected chi connectivity index (χ4v) is 4.06. The fourth-order valence-electron chi connectivity index (χ4n) is 2.44. The molecule has 5 nitrogen and oxygen atoms in total. The van der Waals surface area contributed by atoms with Gasteiger partial charge in [0.25, 0.3) is 0 Å². The van der Waals surface area contributed by atoms with E-state index in [1.807, 2.05) is 7.05 Å². The molecular weight excluding hydrogens is 317 g/mol. The predicted octanol–water partition coefficient (Wildman–Crippen LogP) is 1.82. The monoisotopic (exact) mass is 335 g/mol. The zero-order chi connectivity index (χ0) is 15.6. The number of nitrogen functional groups attached to an aromatic ring is 1. The number of halogens is 2. The summed E-state index contributed by atoms with van der Waals surface area (Å²) in [6.07, 6.45) is 3.15. The number of nitrogens with one attached hydrogen (secondary N) is 1. The normalized spacial score (nSPS) is 20.6. The van der Waals surface area contributed by atoms with Crippen LogP contribution in [0.4, 0.5) is 10.1 Å². The van der Waals surface area contributed by atoms with E-state index in [9.17, 15) is 12.8 Å². The molecule has 0 spiro atoms. The smallest absolute Gasteiger partial charge is 0.242 e. The summed E-state index contributed by atoms with van der Waals surface area (Å²) in [4.78, 5) is 1.94. The van der Waals surface area contributed by atoms with Crippen molar-refractivity contribution in [1.82, 2.24) is 9.62 Å². The molecule has 3 N–H and O–H groups in total. The number of benzene rings is 1. The number of piperidine rings is 1. The van der Waals surface area contributed by atoms with Gasteiger partial charge in [-0.05, 0) is 38.6 Å². The van der Waals surface area contributed by atoms with Gasteiger partial charge < -0.3 is 10.6 Å². The maximum Gasteiger partial charge on any atom is 0.242 e. The van der Waals surface area contributed by atoms with E-state index in [4.69, 9.17) is 17.3 Å². The summed E-state index contributed by atoms with van der Waals surface area (Å²) in [6, 6.07) is 2.12. The van der Waals surface area contributed by atoms with Crippen molar-refractivity contribution in [1.29, 1.82) is 0 Å². The number of rotatable bonds is 4. The second kappa shape index (κ2) is 6.48. The fraction of sp³-hybridized carbons (Fsp3) is 0.538. The van der Waals surface area contributed by atoms with Crippen LogP contribution in [0.3, 0.4) is 0 Å². The van der Waals surface area contributed by atoms with Crippen molar-refractivity contribution in [2.24, 2.45) is 0 Å². The van der Waals surface area contributed by atoms with Crippen LogP contribution in [0.25, 0.3) is 0 Å². The van der Waals surface area contributed by atoms with Crippen LogP contribution < -0.4 is 10.5 Å². The number of sulfonamides is 1. The molecule has 1 aromatic rings. The SMILES string of the molecule is CN1CCCCC1CNS(=O)(=O)c1cc(N)c(F)cc1Cl. The van der Waals surface area contributed by atoms with Crippen LogP contribution in [-0.4, -0.2) is 39.5 Å². The molecule has 21 heavy (non-hydrogen) atoms. The second-order valence-corrected chi connectivity index (χ2v) is 7.43. The lowest BCUT2D eigenvalue weighted by molar-refractivity contribution is 0.187. The number of nitrogens with two attached hydrogens (primary N) is 1. The van der Waals surface area contributed by atoms with Gasteiger partial charge in [0.15, 0.2) is 0 Å². The molecule has 1 atom stereocenters. The first kappa shape index (κ1) is 16.5. The Morgan fingerprint density at radius 3 is 2.86 bits per heavy atom. The van der Waals surface area contributed by atoms with Crippen molar-refractivity contribution < 1.29 is 12.8 Å². The van der Waals surface area contributed by atoms with Crippen molar-refractivity contribution in [3.8, 4) is 0 Å². The molecule has 1 heterocycles. The third-order valence-electron chi connectivity index (χ3n) is 3.77. The lowest BCUT2D eigenvalue weighted by Crippen LogP contribution is -2.44. The van der Waals surface area contributed by atoms with Crippen LogP contribution in [0.1, 0.15) is 19.3 Å². The van der Waals surface area contributed by atoms with Gasteiger partial charge in [-0.1, -0.05) is 18.0 Å². The number of hydrogen-bond donors (Lipinski definition) is 2. The van der Waals surface area contributed by atoms with Crippen LogP contribution >= 0.6 is 11.6 Å². The maximum atomic E-state index is 13.2. The lowest BCUT2D eigenvalue weighted by atomic mass is 10.0. The highest BCUT2D eigenvalue weighted by Crippen LogP contribution is 2.26. The zero-order valence-electron chi connectivity index (χ0n) is 11.8. The quantitative estimate of drug-likeness (QED) is 0.823. The van der Waals surface area contributed by atoms with Gasteiger partial charge in [-0.15, -0.1) is 0 Å². The molecule has 118 valence electrons. The molecule has 0 amide bonds. The highest BCUT2D eigenvalue weighted by molar-refractivity contribution is 7.89. The maximum absolute atomic E-state index is 13.2. The molecule has 1 aliphatic heterocycles. The Balaban J connectivity index is 2.13. The van der Waals surface area contributed by atoms with Crippen molar-refractivity contribution in [3.63, 3.8) is 0 Å². The summed E-state index contributed by atoms with van der Waals surface area (Å²) in [6.45, 7) is 1.25. The molecule has 0 radical (unpaired) electrons. The molecule has 1 unspecified atom stereocenters. The van der Waals surface area contributed by atoms with Gasteiger partial charge in [0.05, 0.1) is 10.7 Å². The molecule has 1 saturated heterocycles. The Labute approximate surface area is 129 Å². The van der Waals surface area contributed by atoms with E-state index >= 15 is 0 Å². The lowest BCUT2D eigenvalue weighted by Gasteiger charge is -2.32. The summed E-state index contributed by atoms with van der Waals surface area (Å²) in [5, 5.41) is -0.175. The molecule has 1 fully saturated rings. The minimum absolute atomic E-state index is 0.157. The van der Waals surface area contributed by atoms with E-state index in [1.165, 1.54) is 0 Å². The third kappa shape index (κ3) is 3.85. The number of hydrogen-bond acceptors (Lipinski definition) is 4. The number of anilines is 1. The van der Waals surface area contributed by atoms with Crippen molar-refractivity contribution in [2.45, 2.75) is 30.2 Å². The van der Waals surface area contributed by atoms with Crippen LogP contribution in [0, 0.1) is 5.82 Å². The number of likely N-dealkylation sites (tertiary alicyclic amines) is 1. The van der Waals surface area contributed by atoms with Gasteiger partial charge in [-0.3, -0.25) is 0 Å². The van der Waals surface area contributed by atoms with Crippen molar-refractivity contribution in [2.75, 3.05) is 25.9 Å². The Morgan fingerprint density at radius 1 is 1.48 bits per heavy atom. The van der Waals surface area contributed by atoms with E-state index in [2.05, 4.69) is 9.62 Å². The van der Waals surface area contributed by atoms with Crippen molar-refractivity contribution in [3.05, 3.63) is 23.0 Å². The molecule has 0 saturated carbocycles. The van der Waals surface area contributed by atoms with E-state index in [0.29, 0.717) is 6.54 Å². The standard InChI is InChI=1S/C13H19ClFN3O2S/c1-18-5-3-2-4-9(18)8-17-21(19,20)13-7-12(16)11(15)6-10(13)14/h6-7,9,17H,2-5,8,16H2,1H3. The summed E-state index contributed by atoms with van der Waals surface area (Å²) in [5.74, 6) is -0.731. The Morgan fingerprint density at radius 2 is 2.19 bits per heavy atom. The van der Waals surface area contributed by atoms with E-state index in [1.54, 1.807) is 0 Å². The summed E-state index contributed by atoms with van der Waals surface area (Å²) in [5.41, 5.74) is 5.17. The van der Waals surface area contributed by atoms with E-state index in [0.717, 1.165) is 37.9 Å². The first-order chi connectivity index (χ1) is 9.81. The van der Waals surface area contributed by atoms with Crippen LogP contribution in [0.2, 0.25) is 5.02 Å². The highest BCUT2D eigenvalue weighted by Gasteiger charge is 2.24. The highest BCUT2D eigenvalue weighted by atomic mass is 35.5. The first-order valence-corrected chi connectivity index (χ1v) is 8.62. The van der Waals surface area contributed by atoms with Gasteiger partial charge in [0.2, 0.25) is 10.0 Å². The Hall–Kier alpha value is -0.890. The van der Waals surface area contributed by atoms with Crippen LogP contribution in [0.5, 0.6) is 0 Å². The largest absolute Gasteiger partial charge is 0.396 e. The van der Waals surface area contributed by atoms with Gasteiger partial charge in [-0.25, -0.2) is 17.5 Å². The average molecular weight is 336 g/mol. The minimum Gasteiger partial charge on any atom is -0.396 e. The molecular formula is C13H19ClFN3O2S. The van der Waals surface area contributed by atoms with Gasteiger partial charge >= 0.3 is 0 Å². The Kier molecular flexibility index (Phi) is 5.08.